The molecule has 14 heteroatoms. The second-order valence-corrected chi connectivity index (χ2v) is 9.99. The third kappa shape index (κ3) is 5.69. The molecule has 1 saturated heterocycles. The summed E-state index contributed by atoms with van der Waals surface area (Å²) >= 11 is 0. The summed E-state index contributed by atoms with van der Waals surface area (Å²) in [6.07, 6.45) is -6.52. The summed E-state index contributed by atoms with van der Waals surface area (Å²) in [6.45, 7) is -0.647. The zero-order chi connectivity index (χ0) is 31.9. The molecule has 9 N–H and O–H groups in total. The largest absolute Gasteiger partial charge is 0.507 e. The van der Waals surface area contributed by atoms with E-state index in [4.69, 9.17) is 13.9 Å². The monoisotopic (exact) mass is 610 g/mol. The third-order valence-electron chi connectivity index (χ3n) is 7.07. The molecule has 0 aliphatic carbocycles. The lowest BCUT2D eigenvalue weighted by atomic mass is 9.89. The van der Waals surface area contributed by atoms with Crippen molar-refractivity contribution in [3.05, 3.63) is 76.0 Å². The predicted molar refractivity (Wildman–Crippen MR) is 150 cm³/mol. The van der Waals surface area contributed by atoms with Gasteiger partial charge in [0.1, 0.15) is 65.4 Å². The van der Waals surface area contributed by atoms with Crippen LogP contribution in [0.4, 0.5) is 0 Å². The quantitative estimate of drug-likeness (QED) is 0.0852. The summed E-state index contributed by atoms with van der Waals surface area (Å²) in [7, 11) is 0. The van der Waals surface area contributed by atoms with Gasteiger partial charge in [0, 0.05) is 23.8 Å². The number of benzene rings is 3. The summed E-state index contributed by atoms with van der Waals surface area (Å²) in [5.74, 6) is -4.21. The van der Waals surface area contributed by atoms with Crippen molar-refractivity contribution in [1.29, 1.82) is 0 Å². The number of ether oxygens (including phenoxy) is 2. The SMILES string of the molecule is O=C(/C=C/c1ccc(O)c(O)c1)OC[C@H]1O[C@@H](c2c(O)cc3oc(-c4ccc(O)c(O)c4)cc(=O)c3c2O)[C@@H](O)[C@@H](O)[C@@H]1O. The van der Waals surface area contributed by atoms with Gasteiger partial charge < -0.3 is 59.8 Å². The number of fused-ring (bicyclic) bond motifs is 1. The third-order valence-corrected chi connectivity index (χ3v) is 7.07. The average Bonchev–Trinajstić information content (AvgIpc) is 2.98. The number of rotatable bonds is 6. The van der Waals surface area contributed by atoms with Crippen molar-refractivity contribution in [2.24, 2.45) is 0 Å². The zero-order valence-corrected chi connectivity index (χ0v) is 22.4. The van der Waals surface area contributed by atoms with Gasteiger partial charge in [-0.2, -0.15) is 0 Å². The van der Waals surface area contributed by atoms with Crippen LogP contribution in [-0.2, 0) is 14.3 Å². The van der Waals surface area contributed by atoms with Gasteiger partial charge in [0.25, 0.3) is 0 Å². The molecule has 1 fully saturated rings. The van der Waals surface area contributed by atoms with Gasteiger partial charge in [-0.3, -0.25) is 4.79 Å². The molecule has 5 rings (SSSR count). The van der Waals surface area contributed by atoms with Crippen molar-refractivity contribution in [3.8, 4) is 45.8 Å². The van der Waals surface area contributed by atoms with Crippen LogP contribution in [0.3, 0.4) is 0 Å². The Kier molecular flexibility index (Phi) is 8.08. The van der Waals surface area contributed by atoms with Gasteiger partial charge in [-0.15, -0.1) is 0 Å². The van der Waals surface area contributed by atoms with Crippen LogP contribution < -0.4 is 5.43 Å². The lowest BCUT2D eigenvalue weighted by molar-refractivity contribution is -0.234. The molecule has 0 spiro atoms. The molecule has 3 aromatic carbocycles. The molecule has 2 heterocycles. The Morgan fingerprint density at radius 1 is 0.795 bits per heavy atom. The number of aliphatic hydroxyl groups is 3. The molecule has 1 aliphatic heterocycles. The van der Waals surface area contributed by atoms with Gasteiger partial charge in [-0.1, -0.05) is 6.07 Å². The number of carbonyl (C=O) groups excluding carboxylic acids is 1. The van der Waals surface area contributed by atoms with Crippen LogP contribution in [0.2, 0.25) is 0 Å². The fourth-order valence-electron chi connectivity index (χ4n) is 4.75. The number of phenolic OH excluding ortho intramolecular Hbond substituents is 6. The van der Waals surface area contributed by atoms with E-state index in [2.05, 4.69) is 0 Å². The Hall–Kier alpha value is -5.28. The minimum Gasteiger partial charge on any atom is -0.507 e. The number of carbonyl (C=O) groups is 1. The molecule has 0 saturated carbocycles. The van der Waals surface area contributed by atoms with Crippen molar-refractivity contribution in [3.63, 3.8) is 0 Å². The van der Waals surface area contributed by atoms with Gasteiger partial charge in [-0.05, 0) is 42.0 Å². The van der Waals surface area contributed by atoms with Crippen LogP contribution in [0.15, 0.2) is 63.8 Å². The standard InChI is InChI=1S/C30H26O14/c31-14-4-1-12(7-16(14)33)2-6-23(37)42-11-22-26(38)28(40)29(41)30(44-22)25-19(36)10-21-24(27(25)39)18(35)9-20(43-21)13-3-5-15(32)17(34)8-13/h1-10,22,26,28-34,36,38-41H,11H2/b6-2+/t22-,26-,28+,29+,30+/m1/s1. The minimum absolute atomic E-state index is 0.0741. The van der Waals surface area contributed by atoms with Crippen molar-refractivity contribution in [2.45, 2.75) is 30.5 Å². The highest BCUT2D eigenvalue weighted by Gasteiger charge is 2.46. The molecule has 5 atom stereocenters. The van der Waals surface area contributed by atoms with E-state index in [9.17, 15) is 55.5 Å². The lowest BCUT2D eigenvalue weighted by Gasteiger charge is -2.40. The van der Waals surface area contributed by atoms with Crippen molar-refractivity contribution in [1.82, 2.24) is 0 Å². The maximum absolute atomic E-state index is 13.0. The Bertz CT molecular complexity index is 1830. The summed E-state index contributed by atoms with van der Waals surface area (Å²) in [4.78, 5) is 25.3. The van der Waals surface area contributed by atoms with Crippen LogP contribution in [0, 0.1) is 0 Å². The summed E-state index contributed by atoms with van der Waals surface area (Å²) < 4.78 is 16.4. The van der Waals surface area contributed by atoms with Gasteiger partial charge in [0.05, 0.1) is 5.56 Å². The molecule has 230 valence electrons. The molecule has 1 aromatic heterocycles. The van der Waals surface area contributed by atoms with Crippen LogP contribution in [0.25, 0.3) is 28.4 Å². The first-order chi connectivity index (χ1) is 20.8. The highest BCUT2D eigenvalue weighted by atomic mass is 16.6. The van der Waals surface area contributed by atoms with Crippen LogP contribution in [0.1, 0.15) is 17.2 Å². The zero-order valence-electron chi connectivity index (χ0n) is 22.4. The first-order valence-electron chi connectivity index (χ1n) is 13.0. The molecule has 1 aliphatic rings. The predicted octanol–water partition coefficient (Wildman–Crippen LogP) is 1.47. The van der Waals surface area contributed by atoms with Gasteiger partial charge in [-0.25, -0.2) is 4.79 Å². The van der Waals surface area contributed by atoms with E-state index in [1.165, 1.54) is 36.4 Å². The lowest BCUT2D eigenvalue weighted by Crippen LogP contribution is -2.55. The molecule has 14 nitrogen and oxygen atoms in total. The first-order valence-corrected chi connectivity index (χ1v) is 13.0. The summed E-state index contributed by atoms with van der Waals surface area (Å²) in [6, 6.07) is 9.42. The van der Waals surface area contributed by atoms with E-state index in [0.29, 0.717) is 5.56 Å². The maximum Gasteiger partial charge on any atom is 0.330 e. The maximum atomic E-state index is 13.0. The number of phenols is 6. The molecular weight excluding hydrogens is 584 g/mol. The van der Waals surface area contributed by atoms with E-state index in [-0.39, 0.29) is 22.7 Å². The number of aromatic hydroxyl groups is 6. The fraction of sp³-hybridized carbons (Fsp3) is 0.200. The molecule has 0 amide bonds. The van der Waals surface area contributed by atoms with E-state index < -0.39 is 88.2 Å². The fourth-order valence-corrected chi connectivity index (χ4v) is 4.75. The minimum atomic E-state index is -1.92. The highest BCUT2D eigenvalue weighted by Crippen LogP contribution is 2.45. The smallest absolute Gasteiger partial charge is 0.330 e. The number of esters is 1. The second kappa shape index (κ2) is 11.8. The van der Waals surface area contributed by atoms with Crippen LogP contribution >= 0.6 is 0 Å². The normalized spacial score (nSPS) is 21.9. The number of hydrogen-bond acceptors (Lipinski definition) is 14. The molecule has 44 heavy (non-hydrogen) atoms. The van der Waals surface area contributed by atoms with E-state index >= 15 is 0 Å². The highest BCUT2D eigenvalue weighted by molar-refractivity contribution is 5.88. The Morgan fingerprint density at radius 2 is 1.48 bits per heavy atom. The van der Waals surface area contributed by atoms with Crippen molar-refractivity contribution in [2.75, 3.05) is 6.61 Å². The Morgan fingerprint density at radius 3 is 2.16 bits per heavy atom. The molecule has 0 bridgehead atoms. The Labute approximate surface area is 246 Å². The average molecular weight is 611 g/mol. The summed E-state index contributed by atoms with van der Waals surface area (Å²) in [5, 5.41) is 91.3. The van der Waals surface area contributed by atoms with Crippen molar-refractivity contribution >= 4 is 23.0 Å². The second-order valence-electron chi connectivity index (χ2n) is 9.99. The van der Waals surface area contributed by atoms with E-state index in [0.717, 1.165) is 24.3 Å². The van der Waals surface area contributed by atoms with Gasteiger partial charge in [0.2, 0.25) is 0 Å². The van der Waals surface area contributed by atoms with Gasteiger partial charge >= 0.3 is 5.97 Å². The van der Waals surface area contributed by atoms with Crippen molar-refractivity contribution < 1.29 is 64.6 Å². The topological polar surface area (TPSA) is 248 Å². The molecule has 4 aromatic rings. The van der Waals surface area contributed by atoms with E-state index in [1.807, 2.05) is 0 Å². The molecule has 0 unspecified atom stereocenters. The molecular formula is C30H26O14. The summed E-state index contributed by atoms with van der Waals surface area (Å²) in [5.41, 5.74) is -1.05. The number of hydrogen-bond donors (Lipinski definition) is 9. The van der Waals surface area contributed by atoms with E-state index in [1.54, 1.807) is 0 Å². The van der Waals surface area contributed by atoms with Crippen LogP contribution in [0.5, 0.6) is 34.5 Å². The number of aliphatic hydroxyl groups excluding tert-OH is 3. The molecule has 0 radical (unpaired) electrons. The first kappa shape index (κ1) is 30.2. The van der Waals surface area contributed by atoms with Crippen LogP contribution in [-0.4, -0.2) is 83.0 Å². The Balaban J connectivity index is 1.40. The van der Waals surface area contributed by atoms with Gasteiger partial charge in [0.15, 0.2) is 28.4 Å².